The van der Waals surface area contributed by atoms with Gasteiger partial charge in [0.05, 0.1) is 33.1 Å². The first-order chi connectivity index (χ1) is 20.8. The highest BCUT2D eigenvalue weighted by molar-refractivity contribution is 6.37. The molecular formula is C37H19N5. The lowest BCUT2D eigenvalue weighted by Crippen LogP contribution is -2.01. The average molecular weight is 534 g/mol. The molecule has 0 saturated heterocycles. The number of nitrogens with zero attached hydrogens (tertiary/aromatic N) is 5. The molecule has 0 aliphatic rings. The Hall–Kier alpha value is -5.99. The van der Waals surface area contributed by atoms with E-state index in [2.05, 4.69) is 105 Å². The highest BCUT2D eigenvalue weighted by Gasteiger charge is 2.26. The van der Waals surface area contributed by atoms with E-state index in [1.54, 1.807) is 0 Å². The van der Waals surface area contributed by atoms with Crippen LogP contribution in [0.1, 0.15) is 0 Å². The summed E-state index contributed by atoms with van der Waals surface area (Å²) in [5.41, 5.74) is 6.49. The van der Waals surface area contributed by atoms with E-state index in [0.29, 0.717) is 11.8 Å². The van der Waals surface area contributed by atoms with Crippen molar-refractivity contribution in [1.82, 2.24) is 18.9 Å². The molecule has 10 rings (SSSR count). The van der Waals surface area contributed by atoms with Crippen LogP contribution in [0.15, 0.2) is 115 Å². The second-order valence-electron chi connectivity index (χ2n) is 10.9. The van der Waals surface area contributed by atoms with Gasteiger partial charge in [-0.2, -0.15) is 4.98 Å². The molecule has 0 aliphatic heterocycles. The number of benzene rings is 6. The van der Waals surface area contributed by atoms with Crippen LogP contribution in [0.25, 0.3) is 92.4 Å². The maximum Gasteiger partial charge on any atom is 0.332 e. The maximum atomic E-state index is 7.89. The summed E-state index contributed by atoms with van der Waals surface area (Å²) in [6, 6.07) is 40.4. The van der Waals surface area contributed by atoms with Crippen molar-refractivity contribution in [3.63, 3.8) is 0 Å². The van der Waals surface area contributed by atoms with Crippen LogP contribution < -0.4 is 0 Å². The molecule has 0 amide bonds. The van der Waals surface area contributed by atoms with Crippen LogP contribution in [0.5, 0.6) is 0 Å². The zero-order chi connectivity index (χ0) is 27.5. The number of para-hydroxylation sites is 3. The van der Waals surface area contributed by atoms with Crippen molar-refractivity contribution >= 4 is 87.4 Å². The Morgan fingerprint density at radius 3 is 2.10 bits per heavy atom. The lowest BCUT2D eigenvalue weighted by Gasteiger charge is -2.06. The number of fused-ring (bicyclic) bond motifs is 13. The van der Waals surface area contributed by atoms with Gasteiger partial charge in [-0.05, 0) is 29.7 Å². The van der Waals surface area contributed by atoms with Gasteiger partial charge in [-0.3, -0.25) is 4.57 Å². The monoisotopic (exact) mass is 533 g/mol. The topological polar surface area (TPSA) is 39.5 Å². The van der Waals surface area contributed by atoms with Crippen molar-refractivity contribution in [1.29, 1.82) is 0 Å². The Morgan fingerprint density at radius 1 is 0.524 bits per heavy atom. The fourth-order valence-corrected chi connectivity index (χ4v) is 7.21. The molecule has 42 heavy (non-hydrogen) atoms. The molecule has 4 aromatic heterocycles. The highest BCUT2D eigenvalue weighted by Crippen LogP contribution is 2.47. The largest absolute Gasteiger partial charge is 0.360 e. The molecule has 5 nitrogen and oxygen atoms in total. The lowest BCUT2D eigenvalue weighted by molar-refractivity contribution is 1.02. The predicted molar refractivity (Wildman–Crippen MR) is 172 cm³/mol. The smallest absolute Gasteiger partial charge is 0.332 e. The molecule has 0 bridgehead atoms. The number of hydrogen-bond acceptors (Lipinski definition) is 2. The SMILES string of the molecule is [C-]#[N+]c1nc(-n2c3ccccc3c3c4c5ccc6ccccc6c5n5c6ccccc6c(cc32)c45)nc2ccccc12. The minimum absolute atomic E-state index is 0.362. The van der Waals surface area contributed by atoms with Gasteiger partial charge in [-0.15, -0.1) is 0 Å². The van der Waals surface area contributed by atoms with Gasteiger partial charge in [0.1, 0.15) is 0 Å². The normalized spacial score (nSPS) is 12.3. The van der Waals surface area contributed by atoms with Gasteiger partial charge < -0.3 is 9.25 Å². The Bertz CT molecular complexity index is 2810. The first-order valence-corrected chi connectivity index (χ1v) is 14.0. The minimum atomic E-state index is 0.362. The first kappa shape index (κ1) is 21.8. The molecule has 0 radical (unpaired) electrons. The maximum absolute atomic E-state index is 7.89. The molecular weight excluding hydrogens is 514 g/mol. The summed E-state index contributed by atoms with van der Waals surface area (Å²) in [5, 5.41) is 10.4. The van der Waals surface area contributed by atoms with E-state index in [-0.39, 0.29) is 0 Å². The molecule has 0 saturated carbocycles. The molecule has 10 aromatic rings. The Balaban J connectivity index is 1.51. The highest BCUT2D eigenvalue weighted by atomic mass is 15.2. The Labute approximate surface area is 238 Å². The van der Waals surface area contributed by atoms with E-state index in [9.17, 15) is 0 Å². The van der Waals surface area contributed by atoms with Gasteiger partial charge in [0, 0.05) is 43.1 Å². The van der Waals surface area contributed by atoms with Crippen LogP contribution in [0.3, 0.4) is 0 Å². The molecule has 4 heterocycles. The zero-order valence-electron chi connectivity index (χ0n) is 22.2. The van der Waals surface area contributed by atoms with E-state index >= 15 is 0 Å². The number of hydrogen-bond donors (Lipinski definition) is 0. The van der Waals surface area contributed by atoms with Gasteiger partial charge in [-0.25, -0.2) is 0 Å². The molecule has 0 unspecified atom stereocenters. The van der Waals surface area contributed by atoms with E-state index in [1.807, 2.05) is 24.3 Å². The van der Waals surface area contributed by atoms with Crippen LogP contribution in [0.4, 0.5) is 5.82 Å². The molecule has 0 fully saturated rings. The predicted octanol–water partition coefficient (Wildman–Crippen LogP) is 9.58. The Kier molecular flexibility index (Phi) is 3.94. The third-order valence-electron chi connectivity index (χ3n) is 8.86. The summed E-state index contributed by atoms with van der Waals surface area (Å²) in [7, 11) is 0. The quantitative estimate of drug-likeness (QED) is 0.197. The number of rotatable bonds is 1. The van der Waals surface area contributed by atoms with Gasteiger partial charge in [-0.1, -0.05) is 103 Å². The molecule has 6 aromatic carbocycles. The molecule has 0 N–H and O–H groups in total. The van der Waals surface area contributed by atoms with Crippen molar-refractivity contribution in [2.45, 2.75) is 0 Å². The molecule has 0 atom stereocenters. The van der Waals surface area contributed by atoms with Crippen molar-refractivity contribution in [3.05, 3.63) is 127 Å². The fraction of sp³-hybridized carbons (Fsp3) is 0. The van der Waals surface area contributed by atoms with Crippen molar-refractivity contribution in [2.24, 2.45) is 0 Å². The van der Waals surface area contributed by atoms with Crippen LogP contribution in [0.2, 0.25) is 0 Å². The fourth-order valence-electron chi connectivity index (χ4n) is 7.21. The van der Waals surface area contributed by atoms with Gasteiger partial charge in [0.25, 0.3) is 5.82 Å². The second-order valence-corrected chi connectivity index (χ2v) is 10.9. The van der Waals surface area contributed by atoms with Crippen molar-refractivity contribution in [3.8, 4) is 5.95 Å². The van der Waals surface area contributed by atoms with Crippen LogP contribution in [0, 0.1) is 6.57 Å². The summed E-state index contributed by atoms with van der Waals surface area (Å²) < 4.78 is 4.61. The minimum Gasteiger partial charge on any atom is -0.360 e. The standard InChI is InChI=1S/C37H19N5/c1-38-36-24-13-4-7-15-28(24)39-37(40-36)41-30-17-9-6-14-25(30)32-31(41)20-27-23-12-5-8-16-29(23)42-34-22-11-3-2-10-21(22)18-19-26(34)33(32)35(27)42/h2-20H. The van der Waals surface area contributed by atoms with Crippen molar-refractivity contribution in [2.75, 3.05) is 0 Å². The second kappa shape index (κ2) is 7.60. The third-order valence-corrected chi connectivity index (χ3v) is 8.86. The third kappa shape index (κ3) is 2.53. The summed E-state index contributed by atoms with van der Waals surface area (Å²) in [5.74, 6) is 0.874. The van der Waals surface area contributed by atoms with E-state index < -0.39 is 0 Å². The Morgan fingerprint density at radius 2 is 1.24 bits per heavy atom. The van der Waals surface area contributed by atoms with E-state index in [4.69, 9.17) is 16.5 Å². The molecule has 5 heteroatoms. The van der Waals surface area contributed by atoms with Crippen LogP contribution in [-0.2, 0) is 0 Å². The number of aromatic nitrogens is 4. The summed E-state index contributed by atoms with van der Waals surface area (Å²) in [6.45, 7) is 7.89. The van der Waals surface area contributed by atoms with Crippen LogP contribution in [-0.4, -0.2) is 18.9 Å². The van der Waals surface area contributed by atoms with Crippen LogP contribution >= 0.6 is 0 Å². The summed E-state index contributed by atoms with van der Waals surface area (Å²) in [4.78, 5) is 13.6. The van der Waals surface area contributed by atoms with Gasteiger partial charge >= 0.3 is 5.95 Å². The molecule has 0 aliphatic carbocycles. The molecule has 192 valence electrons. The average Bonchev–Trinajstić information content (AvgIpc) is 3.68. The molecule has 0 spiro atoms. The van der Waals surface area contributed by atoms with Gasteiger partial charge in [0.15, 0.2) is 0 Å². The van der Waals surface area contributed by atoms with Gasteiger partial charge in [0.2, 0.25) is 0 Å². The summed E-state index contributed by atoms with van der Waals surface area (Å²) >= 11 is 0. The van der Waals surface area contributed by atoms with E-state index in [0.717, 1.165) is 27.3 Å². The van der Waals surface area contributed by atoms with Crippen molar-refractivity contribution < 1.29 is 0 Å². The zero-order valence-corrected chi connectivity index (χ0v) is 22.2. The van der Waals surface area contributed by atoms with E-state index in [1.165, 1.54) is 54.3 Å². The summed E-state index contributed by atoms with van der Waals surface area (Å²) in [6.07, 6.45) is 0. The lowest BCUT2D eigenvalue weighted by atomic mass is 10.0. The first-order valence-electron chi connectivity index (χ1n) is 14.0.